The monoisotopic (exact) mass is 191 g/mol. The lowest BCUT2D eigenvalue weighted by Crippen LogP contribution is -2.13. The Morgan fingerprint density at radius 2 is 1.93 bits per heavy atom. The van der Waals surface area contributed by atoms with Gasteiger partial charge in [-0.05, 0) is 28.7 Å². The average Bonchev–Trinajstić information content (AvgIpc) is 2.07. The van der Waals surface area contributed by atoms with E-state index in [0.29, 0.717) is 5.69 Å². The minimum atomic E-state index is 0.00530. The first-order chi connectivity index (χ1) is 6.36. The molecule has 0 aliphatic rings. The summed E-state index contributed by atoms with van der Waals surface area (Å²) in [4.78, 5) is 0. The van der Waals surface area contributed by atoms with Crippen LogP contribution in [0.2, 0.25) is 0 Å². The molecule has 0 aromatic heterocycles. The van der Waals surface area contributed by atoms with Gasteiger partial charge in [-0.1, -0.05) is 33.4 Å². The highest BCUT2D eigenvalue weighted by molar-refractivity contribution is 5.65. The first-order valence-electron chi connectivity index (χ1n) is 4.61. The number of aromatic hydroxyl groups is 1. The van der Waals surface area contributed by atoms with Gasteiger partial charge in [0.1, 0.15) is 5.75 Å². The van der Waals surface area contributed by atoms with Gasteiger partial charge in [-0.25, -0.2) is 0 Å². The van der Waals surface area contributed by atoms with Crippen molar-refractivity contribution in [1.82, 2.24) is 0 Å². The number of anilines is 1. The lowest BCUT2D eigenvalue weighted by molar-refractivity contribution is 0.476. The van der Waals surface area contributed by atoms with Crippen molar-refractivity contribution in [3.05, 3.63) is 29.8 Å². The van der Waals surface area contributed by atoms with Crippen LogP contribution >= 0.6 is 0 Å². The summed E-state index contributed by atoms with van der Waals surface area (Å²) in [5.74, 6) is 0.118. The number of hydrogen-bond donors (Lipinski definition) is 2. The van der Waals surface area contributed by atoms with Gasteiger partial charge in [0.15, 0.2) is 0 Å². The number of rotatable bonds is 1. The minimum Gasteiger partial charge on any atom is -0.506 e. The van der Waals surface area contributed by atoms with Gasteiger partial charge >= 0.3 is 0 Å². The van der Waals surface area contributed by atoms with Crippen molar-refractivity contribution in [1.29, 1.82) is 0 Å². The third-order valence-corrected chi connectivity index (χ3v) is 2.23. The number of nitrogen functional groups attached to an aromatic ring is 1. The first-order valence-corrected chi connectivity index (χ1v) is 4.61. The molecule has 0 saturated carbocycles. The molecule has 1 aromatic rings. The van der Waals surface area contributed by atoms with Crippen molar-refractivity contribution >= 4 is 11.8 Å². The van der Waals surface area contributed by atoms with E-state index in [4.69, 9.17) is 5.73 Å². The van der Waals surface area contributed by atoms with Crippen molar-refractivity contribution in [2.75, 3.05) is 5.73 Å². The van der Waals surface area contributed by atoms with Gasteiger partial charge in [-0.3, -0.25) is 0 Å². The highest BCUT2D eigenvalue weighted by Gasteiger charge is 2.18. The van der Waals surface area contributed by atoms with Crippen molar-refractivity contribution < 1.29 is 5.11 Å². The van der Waals surface area contributed by atoms with Crippen LogP contribution in [0.25, 0.3) is 6.08 Å². The van der Waals surface area contributed by atoms with E-state index in [9.17, 15) is 5.11 Å². The van der Waals surface area contributed by atoms with E-state index >= 15 is 0 Å². The fourth-order valence-corrected chi connectivity index (χ4v) is 1.44. The second-order valence-corrected chi connectivity index (χ2v) is 4.45. The van der Waals surface area contributed by atoms with Crippen molar-refractivity contribution in [3.63, 3.8) is 0 Å². The molecule has 0 aliphatic heterocycles. The molecule has 3 N–H and O–H groups in total. The Labute approximate surface area is 85.1 Å². The van der Waals surface area contributed by atoms with Crippen LogP contribution < -0.4 is 5.73 Å². The predicted octanol–water partition coefficient (Wildman–Crippen LogP) is 2.91. The van der Waals surface area contributed by atoms with Gasteiger partial charge < -0.3 is 10.8 Å². The number of phenols is 1. The molecule has 0 fully saturated rings. The Balaban J connectivity index is 3.42. The molecular weight excluding hydrogens is 174 g/mol. The molecule has 0 atom stereocenters. The van der Waals surface area contributed by atoms with Crippen LogP contribution in [0, 0.1) is 0 Å². The van der Waals surface area contributed by atoms with Crippen LogP contribution in [0.4, 0.5) is 5.69 Å². The quantitative estimate of drug-likeness (QED) is 0.529. The molecular formula is C12H17NO. The zero-order valence-corrected chi connectivity index (χ0v) is 8.96. The Kier molecular flexibility index (Phi) is 2.56. The van der Waals surface area contributed by atoms with Crippen LogP contribution in [0.1, 0.15) is 31.9 Å². The molecule has 2 heteroatoms. The molecule has 0 spiro atoms. The maximum atomic E-state index is 9.45. The van der Waals surface area contributed by atoms with Crippen LogP contribution in [-0.4, -0.2) is 5.11 Å². The maximum Gasteiger partial charge on any atom is 0.139 e. The molecule has 1 rings (SSSR count). The van der Waals surface area contributed by atoms with Gasteiger partial charge in [0.2, 0.25) is 0 Å². The van der Waals surface area contributed by atoms with Crippen molar-refractivity contribution in [3.8, 4) is 5.75 Å². The Bertz CT molecular complexity index is 361. The fourth-order valence-electron chi connectivity index (χ4n) is 1.44. The van der Waals surface area contributed by atoms with Gasteiger partial charge in [-0.15, -0.1) is 0 Å². The molecule has 0 amide bonds. The Morgan fingerprint density at radius 3 is 2.36 bits per heavy atom. The van der Waals surface area contributed by atoms with E-state index in [1.54, 1.807) is 12.1 Å². The lowest BCUT2D eigenvalue weighted by Gasteiger charge is -2.22. The van der Waals surface area contributed by atoms with Gasteiger partial charge in [0.25, 0.3) is 0 Å². The van der Waals surface area contributed by atoms with Crippen molar-refractivity contribution in [2.24, 2.45) is 0 Å². The van der Waals surface area contributed by atoms with Crippen LogP contribution in [-0.2, 0) is 5.41 Å². The molecule has 0 unspecified atom stereocenters. The fraction of sp³-hybridized carbons (Fsp3) is 0.333. The molecule has 0 aliphatic carbocycles. The third-order valence-electron chi connectivity index (χ3n) is 2.23. The summed E-state index contributed by atoms with van der Waals surface area (Å²) >= 11 is 0. The SMILES string of the molecule is C=Cc1cc(O)c(N)cc1C(C)(C)C. The van der Waals surface area contributed by atoms with Crippen LogP contribution in [0.5, 0.6) is 5.75 Å². The number of benzene rings is 1. The average molecular weight is 191 g/mol. The van der Waals surface area contributed by atoms with E-state index < -0.39 is 0 Å². The standard InChI is InChI=1S/C12H17NO/c1-5-8-6-11(14)10(13)7-9(8)12(2,3)4/h5-7,14H,1,13H2,2-4H3. The molecule has 0 heterocycles. The summed E-state index contributed by atoms with van der Waals surface area (Å²) in [7, 11) is 0. The van der Waals surface area contributed by atoms with Gasteiger partial charge in [0, 0.05) is 0 Å². The lowest BCUT2D eigenvalue weighted by atomic mass is 9.83. The number of hydrogen-bond acceptors (Lipinski definition) is 2. The topological polar surface area (TPSA) is 46.2 Å². The highest BCUT2D eigenvalue weighted by atomic mass is 16.3. The highest BCUT2D eigenvalue weighted by Crippen LogP contribution is 2.33. The molecule has 2 nitrogen and oxygen atoms in total. The maximum absolute atomic E-state index is 9.45. The van der Waals surface area contributed by atoms with Crippen LogP contribution in [0.15, 0.2) is 18.7 Å². The third kappa shape index (κ3) is 1.90. The molecule has 14 heavy (non-hydrogen) atoms. The van der Waals surface area contributed by atoms with Crippen molar-refractivity contribution in [2.45, 2.75) is 26.2 Å². The summed E-state index contributed by atoms with van der Waals surface area (Å²) < 4.78 is 0. The normalized spacial score (nSPS) is 11.4. The molecule has 0 bridgehead atoms. The van der Waals surface area contributed by atoms with E-state index in [0.717, 1.165) is 11.1 Å². The molecule has 0 radical (unpaired) electrons. The zero-order chi connectivity index (χ0) is 10.9. The number of nitrogens with two attached hydrogens (primary N) is 1. The Morgan fingerprint density at radius 1 is 1.36 bits per heavy atom. The number of phenolic OH excluding ortho intramolecular Hbond substituents is 1. The molecule has 1 aromatic carbocycles. The zero-order valence-electron chi connectivity index (χ0n) is 8.96. The van der Waals surface area contributed by atoms with Gasteiger partial charge in [-0.2, -0.15) is 0 Å². The summed E-state index contributed by atoms with van der Waals surface area (Å²) in [6.07, 6.45) is 1.74. The second-order valence-electron chi connectivity index (χ2n) is 4.45. The second kappa shape index (κ2) is 3.37. The van der Waals surface area contributed by atoms with Gasteiger partial charge in [0.05, 0.1) is 5.69 Å². The smallest absolute Gasteiger partial charge is 0.139 e. The summed E-state index contributed by atoms with van der Waals surface area (Å²) in [5.41, 5.74) is 8.11. The van der Waals surface area contributed by atoms with E-state index in [-0.39, 0.29) is 11.2 Å². The largest absolute Gasteiger partial charge is 0.506 e. The molecule has 76 valence electrons. The van der Waals surface area contributed by atoms with Crippen LogP contribution in [0.3, 0.4) is 0 Å². The van der Waals surface area contributed by atoms with E-state index in [1.807, 2.05) is 6.07 Å². The Hall–Kier alpha value is -1.44. The summed E-state index contributed by atoms with van der Waals surface area (Å²) in [5, 5.41) is 9.45. The van der Waals surface area contributed by atoms with E-state index in [2.05, 4.69) is 27.4 Å². The summed E-state index contributed by atoms with van der Waals surface area (Å²) in [6, 6.07) is 3.47. The first kappa shape index (κ1) is 10.6. The summed E-state index contributed by atoms with van der Waals surface area (Å²) in [6.45, 7) is 10.0. The minimum absolute atomic E-state index is 0.00530. The van der Waals surface area contributed by atoms with E-state index in [1.165, 1.54) is 0 Å². The predicted molar refractivity (Wildman–Crippen MR) is 61.3 cm³/mol. The molecule has 0 saturated heterocycles.